The van der Waals surface area contributed by atoms with Gasteiger partial charge in [-0.25, -0.2) is 0 Å². The number of aldehydes is 1. The van der Waals surface area contributed by atoms with E-state index in [4.69, 9.17) is 0 Å². The molecule has 1 nitrogen and oxygen atoms in total. The molecule has 1 aliphatic rings. The number of hydrogen-bond acceptors (Lipinski definition) is 1. The molecule has 0 saturated heterocycles. The number of rotatable bonds is 3. The van der Waals surface area contributed by atoms with Crippen molar-refractivity contribution in [1.29, 1.82) is 0 Å². The second kappa shape index (κ2) is 2.51. The van der Waals surface area contributed by atoms with Gasteiger partial charge in [-0.3, -0.25) is 0 Å². The van der Waals surface area contributed by atoms with E-state index in [1.807, 2.05) is 0 Å². The topological polar surface area (TPSA) is 17.1 Å². The quantitative estimate of drug-likeness (QED) is 0.527. The first-order valence-corrected chi connectivity index (χ1v) is 3.74. The third-order valence-corrected chi connectivity index (χ3v) is 2.44. The predicted octanol–water partition coefficient (Wildman–Crippen LogP) is 1.87. The molecule has 0 spiro atoms. The first-order valence-electron chi connectivity index (χ1n) is 3.74. The Labute approximate surface area is 56.4 Å². The highest BCUT2D eigenvalue weighted by Crippen LogP contribution is 2.43. The van der Waals surface area contributed by atoms with Gasteiger partial charge in [-0.1, -0.05) is 20.3 Å². The van der Waals surface area contributed by atoms with E-state index in [1.165, 1.54) is 6.42 Å². The zero-order valence-electron chi connectivity index (χ0n) is 6.13. The van der Waals surface area contributed by atoms with E-state index in [0.717, 1.165) is 24.5 Å². The highest BCUT2D eigenvalue weighted by Gasteiger charge is 2.39. The fourth-order valence-electron chi connectivity index (χ4n) is 1.35. The molecule has 0 bridgehead atoms. The van der Waals surface area contributed by atoms with Gasteiger partial charge in [-0.15, -0.1) is 0 Å². The van der Waals surface area contributed by atoms with E-state index >= 15 is 0 Å². The van der Waals surface area contributed by atoms with Crippen LogP contribution in [0, 0.1) is 17.8 Å². The molecule has 0 aliphatic heterocycles. The summed E-state index contributed by atoms with van der Waals surface area (Å²) in [7, 11) is 0. The van der Waals surface area contributed by atoms with Gasteiger partial charge in [0.1, 0.15) is 6.29 Å². The molecule has 0 heterocycles. The van der Waals surface area contributed by atoms with Gasteiger partial charge in [0.2, 0.25) is 0 Å². The minimum Gasteiger partial charge on any atom is -0.303 e. The minimum atomic E-state index is 0.417. The molecule has 1 fully saturated rings. The van der Waals surface area contributed by atoms with Crippen LogP contribution in [-0.2, 0) is 4.79 Å². The number of carbonyl (C=O) groups is 1. The molecule has 0 radical (unpaired) electrons. The number of carbonyl (C=O) groups excluding carboxylic acids is 1. The highest BCUT2D eigenvalue weighted by molar-refractivity contribution is 5.58. The maximum atomic E-state index is 10.2. The lowest BCUT2D eigenvalue weighted by atomic mass is 10.0. The Kier molecular flexibility index (Phi) is 1.89. The summed E-state index contributed by atoms with van der Waals surface area (Å²) in [6, 6.07) is 0. The minimum absolute atomic E-state index is 0.417. The van der Waals surface area contributed by atoms with Crippen molar-refractivity contribution in [1.82, 2.24) is 0 Å². The van der Waals surface area contributed by atoms with Crippen molar-refractivity contribution >= 4 is 6.29 Å². The van der Waals surface area contributed by atoms with Gasteiger partial charge in [-0.2, -0.15) is 0 Å². The Morgan fingerprint density at radius 3 is 2.78 bits per heavy atom. The van der Waals surface area contributed by atoms with Crippen LogP contribution in [0.4, 0.5) is 0 Å². The third kappa shape index (κ3) is 1.32. The van der Waals surface area contributed by atoms with E-state index < -0.39 is 0 Å². The lowest BCUT2D eigenvalue weighted by Crippen LogP contribution is -1.96. The SMILES string of the molecule is CC[C@H](C)[C@H]1C[C@H]1C=O. The third-order valence-electron chi connectivity index (χ3n) is 2.44. The highest BCUT2D eigenvalue weighted by atomic mass is 16.1. The van der Waals surface area contributed by atoms with Crippen molar-refractivity contribution in [2.45, 2.75) is 26.7 Å². The van der Waals surface area contributed by atoms with E-state index in [0.29, 0.717) is 5.92 Å². The number of hydrogen-bond donors (Lipinski definition) is 0. The second-order valence-electron chi connectivity index (χ2n) is 3.09. The summed E-state index contributed by atoms with van der Waals surface area (Å²) in [6.07, 6.45) is 3.48. The van der Waals surface area contributed by atoms with Crippen molar-refractivity contribution < 1.29 is 4.79 Å². The summed E-state index contributed by atoms with van der Waals surface area (Å²) in [4.78, 5) is 10.2. The first-order chi connectivity index (χ1) is 4.29. The summed E-state index contributed by atoms with van der Waals surface area (Å²) >= 11 is 0. The first kappa shape index (κ1) is 6.79. The van der Waals surface area contributed by atoms with Crippen molar-refractivity contribution in [2.24, 2.45) is 17.8 Å². The van der Waals surface area contributed by atoms with Crippen molar-refractivity contribution in [3.05, 3.63) is 0 Å². The van der Waals surface area contributed by atoms with E-state index in [2.05, 4.69) is 13.8 Å². The maximum Gasteiger partial charge on any atom is 0.123 e. The van der Waals surface area contributed by atoms with Crippen LogP contribution in [0.25, 0.3) is 0 Å². The van der Waals surface area contributed by atoms with Gasteiger partial charge in [0.25, 0.3) is 0 Å². The molecule has 0 amide bonds. The van der Waals surface area contributed by atoms with Gasteiger partial charge < -0.3 is 4.79 Å². The summed E-state index contributed by atoms with van der Waals surface area (Å²) in [5.41, 5.74) is 0. The van der Waals surface area contributed by atoms with Crippen LogP contribution < -0.4 is 0 Å². The Morgan fingerprint density at radius 1 is 1.78 bits per heavy atom. The maximum absolute atomic E-state index is 10.2. The molecular formula is C8H14O. The average Bonchev–Trinajstić information content (AvgIpc) is 2.64. The van der Waals surface area contributed by atoms with Crippen molar-refractivity contribution in [2.75, 3.05) is 0 Å². The summed E-state index contributed by atoms with van der Waals surface area (Å²) in [5, 5.41) is 0. The molecule has 1 aliphatic carbocycles. The lowest BCUT2D eigenvalue weighted by Gasteiger charge is -2.03. The van der Waals surface area contributed by atoms with Crippen LogP contribution in [0.2, 0.25) is 0 Å². The van der Waals surface area contributed by atoms with Gasteiger partial charge in [0.15, 0.2) is 0 Å². The molecule has 0 aromatic heterocycles. The molecule has 0 N–H and O–H groups in total. The van der Waals surface area contributed by atoms with Crippen molar-refractivity contribution in [3.63, 3.8) is 0 Å². The van der Waals surface area contributed by atoms with Crippen LogP contribution in [-0.4, -0.2) is 6.29 Å². The van der Waals surface area contributed by atoms with Crippen molar-refractivity contribution in [3.8, 4) is 0 Å². The Hall–Kier alpha value is -0.330. The summed E-state index contributed by atoms with van der Waals surface area (Å²) in [6.45, 7) is 4.42. The Morgan fingerprint density at radius 2 is 2.44 bits per heavy atom. The van der Waals surface area contributed by atoms with E-state index in [1.54, 1.807) is 0 Å². The molecule has 52 valence electrons. The Bertz CT molecular complexity index is 109. The average molecular weight is 126 g/mol. The standard InChI is InChI=1S/C8H14O/c1-3-6(2)8-4-7(8)5-9/h5-8H,3-4H2,1-2H3/t6-,7-,8+/m0/s1. The summed E-state index contributed by atoms with van der Waals surface area (Å²) < 4.78 is 0. The zero-order chi connectivity index (χ0) is 6.85. The van der Waals surface area contributed by atoms with E-state index in [9.17, 15) is 4.79 Å². The summed E-state index contributed by atoms with van der Waals surface area (Å²) in [5.74, 6) is 1.91. The normalized spacial score (nSPS) is 35.8. The largest absolute Gasteiger partial charge is 0.303 e. The fraction of sp³-hybridized carbons (Fsp3) is 0.875. The molecule has 1 heteroatoms. The van der Waals surface area contributed by atoms with E-state index in [-0.39, 0.29) is 0 Å². The lowest BCUT2D eigenvalue weighted by molar-refractivity contribution is -0.109. The van der Waals surface area contributed by atoms with Crippen LogP contribution in [0.5, 0.6) is 0 Å². The van der Waals surface area contributed by atoms with Gasteiger partial charge in [-0.05, 0) is 18.3 Å². The zero-order valence-corrected chi connectivity index (χ0v) is 6.13. The smallest absolute Gasteiger partial charge is 0.123 e. The molecule has 1 rings (SSSR count). The van der Waals surface area contributed by atoms with Gasteiger partial charge >= 0.3 is 0 Å². The molecule has 0 unspecified atom stereocenters. The molecular weight excluding hydrogens is 112 g/mol. The second-order valence-corrected chi connectivity index (χ2v) is 3.09. The van der Waals surface area contributed by atoms with Crippen LogP contribution in [0.15, 0.2) is 0 Å². The van der Waals surface area contributed by atoms with Crippen LogP contribution >= 0.6 is 0 Å². The Balaban J connectivity index is 2.24. The molecule has 0 aromatic rings. The molecule has 3 atom stereocenters. The fourth-order valence-corrected chi connectivity index (χ4v) is 1.35. The molecule has 1 saturated carbocycles. The van der Waals surface area contributed by atoms with Gasteiger partial charge in [0, 0.05) is 5.92 Å². The monoisotopic (exact) mass is 126 g/mol. The van der Waals surface area contributed by atoms with Gasteiger partial charge in [0.05, 0.1) is 0 Å². The van der Waals surface area contributed by atoms with Crippen LogP contribution in [0.3, 0.4) is 0 Å². The molecule has 0 aromatic carbocycles. The van der Waals surface area contributed by atoms with Crippen LogP contribution in [0.1, 0.15) is 26.7 Å². The predicted molar refractivity (Wildman–Crippen MR) is 37.1 cm³/mol. The molecule has 9 heavy (non-hydrogen) atoms.